The number of rotatable bonds is 7. The van der Waals surface area contributed by atoms with Gasteiger partial charge in [-0.1, -0.05) is 42.5 Å². The minimum absolute atomic E-state index is 0.0361. The van der Waals surface area contributed by atoms with E-state index < -0.39 is 0 Å². The molecule has 5 heteroatoms. The molecule has 0 aliphatic heterocycles. The summed E-state index contributed by atoms with van der Waals surface area (Å²) in [5, 5.41) is 6.53. The molecule has 2 aromatic rings. The van der Waals surface area contributed by atoms with Gasteiger partial charge in [-0.3, -0.25) is 9.59 Å². The number of hydrogen-bond donors (Lipinski definition) is 2. The summed E-state index contributed by atoms with van der Waals surface area (Å²) in [5.74, 6) is 2.77. The van der Waals surface area contributed by atoms with Gasteiger partial charge in [0.2, 0.25) is 5.91 Å². The third-order valence-corrected chi connectivity index (χ3v) is 8.65. The maximum atomic E-state index is 13.0. The molecule has 4 aliphatic rings. The average Bonchev–Trinajstić information content (AvgIpc) is 2.77. The van der Waals surface area contributed by atoms with Crippen molar-refractivity contribution < 1.29 is 9.59 Å². The zero-order valence-corrected chi connectivity index (χ0v) is 19.5. The van der Waals surface area contributed by atoms with Crippen LogP contribution < -0.4 is 10.6 Å². The van der Waals surface area contributed by atoms with Crippen LogP contribution in [0.25, 0.3) is 0 Å². The number of benzene rings is 2. The second kappa shape index (κ2) is 8.93. The zero-order chi connectivity index (χ0) is 22.1. The summed E-state index contributed by atoms with van der Waals surface area (Å²) in [4.78, 5) is 26.7. The molecule has 0 spiro atoms. The van der Waals surface area contributed by atoms with E-state index in [1.807, 2.05) is 61.5 Å². The van der Waals surface area contributed by atoms with Gasteiger partial charge in [0.05, 0.1) is 17.4 Å². The minimum Gasteiger partial charge on any atom is -0.350 e. The minimum atomic E-state index is -0.106. The van der Waals surface area contributed by atoms with E-state index in [1.54, 1.807) is 0 Å². The first-order valence-electron chi connectivity index (χ1n) is 11.9. The Hall–Kier alpha value is -2.27. The highest BCUT2D eigenvalue weighted by Crippen LogP contribution is 2.55. The molecule has 1 atom stereocenters. The Morgan fingerprint density at radius 2 is 1.53 bits per heavy atom. The molecule has 1 unspecified atom stereocenters. The Balaban J connectivity index is 1.20. The Morgan fingerprint density at radius 1 is 0.938 bits per heavy atom. The van der Waals surface area contributed by atoms with Crippen molar-refractivity contribution in [3.05, 3.63) is 65.7 Å². The molecule has 4 fully saturated rings. The van der Waals surface area contributed by atoms with Crippen molar-refractivity contribution in [1.82, 2.24) is 10.6 Å². The Kier molecular flexibility index (Phi) is 6.02. The molecule has 4 nitrogen and oxygen atoms in total. The van der Waals surface area contributed by atoms with Gasteiger partial charge in [0.25, 0.3) is 5.91 Å². The van der Waals surface area contributed by atoms with E-state index in [4.69, 9.17) is 0 Å². The zero-order valence-electron chi connectivity index (χ0n) is 18.7. The van der Waals surface area contributed by atoms with Crippen molar-refractivity contribution in [3.8, 4) is 0 Å². The van der Waals surface area contributed by atoms with Gasteiger partial charge < -0.3 is 10.6 Å². The summed E-state index contributed by atoms with van der Waals surface area (Å²) in [6.07, 6.45) is 7.58. The quantitative estimate of drug-likeness (QED) is 0.561. The van der Waals surface area contributed by atoms with Crippen LogP contribution in [0.3, 0.4) is 0 Å². The Morgan fingerprint density at radius 3 is 2.19 bits per heavy atom. The first kappa shape index (κ1) is 21.6. The molecule has 0 saturated heterocycles. The highest BCUT2D eigenvalue weighted by molar-refractivity contribution is 8.00. The average molecular weight is 449 g/mol. The number of hydrogen-bond acceptors (Lipinski definition) is 3. The number of thioether (sulfide) groups is 1. The molecule has 2 aromatic carbocycles. The topological polar surface area (TPSA) is 58.2 Å². The SMILES string of the molecule is CC(NC(=O)c1ccccc1SCC(=O)NC12CC3CC(CC(C3)C1)C2)c1ccccc1. The van der Waals surface area contributed by atoms with E-state index in [0.717, 1.165) is 47.5 Å². The lowest BCUT2D eigenvalue weighted by Crippen LogP contribution is -2.60. The molecule has 2 amide bonds. The molecule has 32 heavy (non-hydrogen) atoms. The fourth-order valence-corrected chi connectivity index (χ4v) is 7.47. The third-order valence-electron chi connectivity index (χ3n) is 7.58. The summed E-state index contributed by atoms with van der Waals surface area (Å²) >= 11 is 1.46. The van der Waals surface area contributed by atoms with Gasteiger partial charge in [-0.25, -0.2) is 0 Å². The summed E-state index contributed by atoms with van der Waals surface area (Å²) in [6, 6.07) is 17.4. The lowest BCUT2D eigenvalue weighted by atomic mass is 9.53. The van der Waals surface area contributed by atoms with Crippen LogP contribution >= 0.6 is 11.8 Å². The van der Waals surface area contributed by atoms with Crippen LogP contribution in [0.15, 0.2) is 59.5 Å². The number of carbonyl (C=O) groups is 2. The molecule has 2 N–H and O–H groups in total. The second-order valence-electron chi connectivity index (χ2n) is 10.1. The Bertz CT molecular complexity index is 955. The predicted molar refractivity (Wildman–Crippen MR) is 129 cm³/mol. The Labute approximate surface area is 194 Å². The van der Waals surface area contributed by atoms with Crippen LogP contribution in [0, 0.1) is 17.8 Å². The van der Waals surface area contributed by atoms with Gasteiger partial charge in [-0.15, -0.1) is 11.8 Å². The van der Waals surface area contributed by atoms with Crippen LogP contribution in [-0.4, -0.2) is 23.1 Å². The van der Waals surface area contributed by atoms with Crippen LogP contribution in [0.5, 0.6) is 0 Å². The van der Waals surface area contributed by atoms with Crippen molar-refractivity contribution >= 4 is 23.6 Å². The van der Waals surface area contributed by atoms with Crippen molar-refractivity contribution in [2.75, 3.05) is 5.75 Å². The molecule has 0 radical (unpaired) electrons. The highest BCUT2D eigenvalue weighted by Gasteiger charge is 2.51. The lowest BCUT2D eigenvalue weighted by molar-refractivity contribution is -0.124. The van der Waals surface area contributed by atoms with E-state index in [0.29, 0.717) is 11.3 Å². The van der Waals surface area contributed by atoms with E-state index in [2.05, 4.69) is 10.6 Å². The van der Waals surface area contributed by atoms with Gasteiger partial charge in [0.1, 0.15) is 0 Å². The van der Waals surface area contributed by atoms with Gasteiger partial charge in [0, 0.05) is 10.4 Å². The maximum Gasteiger partial charge on any atom is 0.252 e. The van der Waals surface area contributed by atoms with Crippen LogP contribution in [0.1, 0.15) is 67.4 Å². The molecular weight excluding hydrogens is 416 g/mol. The fourth-order valence-electron chi connectivity index (χ4n) is 6.62. The van der Waals surface area contributed by atoms with Crippen molar-refractivity contribution in [2.24, 2.45) is 17.8 Å². The smallest absolute Gasteiger partial charge is 0.252 e. The van der Waals surface area contributed by atoms with Crippen molar-refractivity contribution in [3.63, 3.8) is 0 Å². The van der Waals surface area contributed by atoms with E-state index in [1.165, 1.54) is 31.0 Å². The van der Waals surface area contributed by atoms with Crippen molar-refractivity contribution in [1.29, 1.82) is 0 Å². The standard InChI is InChI=1S/C27H32N2O2S/c1-18(22-7-3-2-4-8-22)28-26(31)23-9-5-6-10-24(23)32-17-25(30)29-27-14-19-11-20(15-27)13-21(12-19)16-27/h2-10,18-21H,11-17H2,1H3,(H,28,31)(H,29,30). The summed E-state index contributed by atoms with van der Waals surface area (Å²) in [6.45, 7) is 1.99. The van der Waals surface area contributed by atoms with E-state index in [-0.39, 0.29) is 23.4 Å². The molecule has 6 rings (SSSR count). The monoisotopic (exact) mass is 448 g/mol. The molecule has 0 aromatic heterocycles. The van der Waals surface area contributed by atoms with Gasteiger partial charge in [0.15, 0.2) is 0 Å². The fraction of sp³-hybridized carbons (Fsp3) is 0.481. The second-order valence-corrected chi connectivity index (χ2v) is 11.2. The predicted octanol–water partition coefficient (Wildman–Crippen LogP) is 5.35. The van der Waals surface area contributed by atoms with E-state index >= 15 is 0 Å². The summed E-state index contributed by atoms with van der Waals surface area (Å²) in [7, 11) is 0. The third kappa shape index (κ3) is 4.59. The van der Waals surface area contributed by atoms with Gasteiger partial charge in [-0.2, -0.15) is 0 Å². The molecule has 4 aliphatic carbocycles. The van der Waals surface area contributed by atoms with Gasteiger partial charge in [-0.05, 0) is 80.9 Å². The van der Waals surface area contributed by atoms with Crippen LogP contribution in [0.4, 0.5) is 0 Å². The van der Waals surface area contributed by atoms with Crippen molar-refractivity contribution in [2.45, 2.75) is 61.9 Å². The van der Waals surface area contributed by atoms with Gasteiger partial charge >= 0.3 is 0 Å². The lowest BCUT2D eigenvalue weighted by Gasteiger charge is -2.56. The number of nitrogens with one attached hydrogen (secondary N) is 2. The number of amides is 2. The summed E-state index contributed by atoms with van der Waals surface area (Å²) in [5.41, 5.74) is 1.73. The first-order valence-corrected chi connectivity index (χ1v) is 12.9. The highest BCUT2D eigenvalue weighted by atomic mass is 32.2. The van der Waals surface area contributed by atoms with Crippen LogP contribution in [-0.2, 0) is 4.79 Å². The summed E-state index contributed by atoms with van der Waals surface area (Å²) < 4.78 is 0. The molecule has 4 bridgehead atoms. The molecule has 0 heterocycles. The van der Waals surface area contributed by atoms with Crippen LogP contribution in [0.2, 0.25) is 0 Å². The largest absolute Gasteiger partial charge is 0.350 e. The number of carbonyl (C=O) groups excluding carboxylic acids is 2. The molecular formula is C27H32N2O2S. The van der Waals surface area contributed by atoms with E-state index in [9.17, 15) is 9.59 Å². The normalized spacial score (nSPS) is 28.8. The molecule has 4 saturated carbocycles. The maximum absolute atomic E-state index is 13.0. The first-order chi connectivity index (χ1) is 15.5. The molecule has 168 valence electrons.